The number of benzene rings is 1. The third-order valence-corrected chi connectivity index (χ3v) is 6.53. The first-order valence-corrected chi connectivity index (χ1v) is 11.3. The molecule has 2 amide bonds. The zero-order valence-corrected chi connectivity index (χ0v) is 17.4. The number of hydrogen-bond acceptors (Lipinski definition) is 4. The molecule has 3 heterocycles. The van der Waals surface area contributed by atoms with E-state index in [0.29, 0.717) is 12.5 Å². The Morgan fingerprint density at radius 3 is 2.72 bits per heavy atom. The van der Waals surface area contributed by atoms with Crippen molar-refractivity contribution in [1.82, 2.24) is 20.4 Å². The van der Waals surface area contributed by atoms with Crippen LogP contribution in [0.4, 0.5) is 0 Å². The lowest BCUT2D eigenvalue weighted by Crippen LogP contribution is -2.46. The molecular formula is C23H34N4O2. The summed E-state index contributed by atoms with van der Waals surface area (Å²) in [5, 5.41) is 6.34. The predicted molar refractivity (Wildman–Crippen MR) is 114 cm³/mol. The van der Waals surface area contributed by atoms with Crippen molar-refractivity contribution >= 4 is 11.8 Å². The van der Waals surface area contributed by atoms with E-state index in [0.717, 1.165) is 70.5 Å². The van der Waals surface area contributed by atoms with Crippen molar-refractivity contribution in [2.45, 2.75) is 51.1 Å². The molecule has 2 atom stereocenters. The summed E-state index contributed by atoms with van der Waals surface area (Å²) in [6.45, 7) is 6.39. The molecule has 0 bridgehead atoms. The molecule has 0 radical (unpaired) electrons. The zero-order chi connectivity index (χ0) is 20.1. The summed E-state index contributed by atoms with van der Waals surface area (Å²) in [6, 6.07) is 8.11. The van der Waals surface area contributed by atoms with E-state index in [-0.39, 0.29) is 17.9 Å². The molecule has 1 aromatic carbocycles. The normalized spacial score (nSPS) is 25.3. The molecule has 3 aliphatic heterocycles. The third kappa shape index (κ3) is 5.37. The minimum atomic E-state index is -0.0327. The first-order valence-electron chi connectivity index (χ1n) is 11.3. The van der Waals surface area contributed by atoms with E-state index in [9.17, 15) is 9.59 Å². The molecule has 1 aromatic rings. The Morgan fingerprint density at radius 2 is 1.93 bits per heavy atom. The Bertz CT molecular complexity index is 711. The van der Waals surface area contributed by atoms with Crippen molar-refractivity contribution in [1.29, 1.82) is 0 Å². The summed E-state index contributed by atoms with van der Waals surface area (Å²) in [5.41, 5.74) is 2.02. The van der Waals surface area contributed by atoms with Crippen LogP contribution in [0.3, 0.4) is 0 Å². The van der Waals surface area contributed by atoms with Gasteiger partial charge in [0.2, 0.25) is 5.91 Å². The topological polar surface area (TPSA) is 64.7 Å². The maximum absolute atomic E-state index is 13.1. The van der Waals surface area contributed by atoms with Crippen LogP contribution in [0.5, 0.6) is 0 Å². The molecule has 0 aliphatic carbocycles. The minimum absolute atomic E-state index is 0.0327. The largest absolute Gasteiger partial charge is 0.354 e. The predicted octanol–water partition coefficient (Wildman–Crippen LogP) is 2.00. The first kappa shape index (κ1) is 20.4. The molecule has 29 heavy (non-hydrogen) atoms. The number of hydrogen-bond donors (Lipinski definition) is 2. The first-order chi connectivity index (χ1) is 14.2. The Labute approximate surface area is 174 Å². The highest BCUT2D eigenvalue weighted by atomic mass is 16.2. The zero-order valence-electron chi connectivity index (χ0n) is 17.4. The van der Waals surface area contributed by atoms with Gasteiger partial charge in [-0.15, -0.1) is 0 Å². The number of amides is 2. The van der Waals surface area contributed by atoms with Crippen LogP contribution in [0, 0.1) is 5.92 Å². The lowest BCUT2D eigenvalue weighted by Gasteiger charge is -2.33. The molecule has 6 nitrogen and oxygen atoms in total. The van der Waals surface area contributed by atoms with Gasteiger partial charge in [0.1, 0.15) is 0 Å². The molecule has 2 N–H and O–H groups in total. The summed E-state index contributed by atoms with van der Waals surface area (Å²) in [5.74, 6) is 0.577. The fraction of sp³-hybridized carbons (Fsp3) is 0.652. The SMILES string of the molecule is O=C(NCC1CCCN(C(=O)c2cccc(CN3CCCC3)c2)C1)C1CCCN1. The Hall–Kier alpha value is -1.92. The van der Waals surface area contributed by atoms with E-state index in [4.69, 9.17) is 0 Å². The van der Waals surface area contributed by atoms with Crippen LogP contribution < -0.4 is 10.6 Å². The van der Waals surface area contributed by atoms with Crippen molar-refractivity contribution in [3.05, 3.63) is 35.4 Å². The Kier molecular flexibility index (Phi) is 6.82. The fourth-order valence-electron chi connectivity index (χ4n) is 4.88. The molecule has 0 spiro atoms. The second kappa shape index (κ2) is 9.72. The van der Waals surface area contributed by atoms with Gasteiger partial charge < -0.3 is 15.5 Å². The van der Waals surface area contributed by atoms with Gasteiger partial charge in [-0.3, -0.25) is 14.5 Å². The minimum Gasteiger partial charge on any atom is -0.354 e. The second-order valence-electron chi connectivity index (χ2n) is 8.84. The quantitative estimate of drug-likeness (QED) is 0.769. The van der Waals surface area contributed by atoms with E-state index in [2.05, 4.69) is 27.7 Å². The highest BCUT2D eigenvalue weighted by Gasteiger charge is 2.27. The number of piperidine rings is 1. The van der Waals surface area contributed by atoms with Crippen LogP contribution in [0.2, 0.25) is 0 Å². The van der Waals surface area contributed by atoms with E-state index in [1.165, 1.54) is 18.4 Å². The highest BCUT2D eigenvalue weighted by Crippen LogP contribution is 2.20. The van der Waals surface area contributed by atoms with Gasteiger partial charge >= 0.3 is 0 Å². The molecule has 2 unspecified atom stereocenters. The van der Waals surface area contributed by atoms with Crippen LogP contribution in [-0.4, -0.2) is 66.9 Å². The Balaban J connectivity index is 1.30. The van der Waals surface area contributed by atoms with Crippen molar-refractivity contribution in [3.8, 4) is 0 Å². The number of rotatable bonds is 6. The van der Waals surface area contributed by atoms with Gasteiger partial charge in [0, 0.05) is 31.7 Å². The van der Waals surface area contributed by atoms with Crippen molar-refractivity contribution in [2.75, 3.05) is 39.3 Å². The third-order valence-electron chi connectivity index (χ3n) is 6.53. The van der Waals surface area contributed by atoms with Gasteiger partial charge in [-0.1, -0.05) is 12.1 Å². The molecule has 3 aliphatic rings. The number of nitrogens with zero attached hydrogens (tertiary/aromatic N) is 2. The number of carbonyl (C=O) groups excluding carboxylic acids is 2. The molecule has 158 valence electrons. The average Bonchev–Trinajstić information content (AvgIpc) is 3.46. The standard InChI is InChI=1S/C23H34N4O2/c28-22(21-9-4-10-24-21)25-15-19-7-5-13-27(17-19)23(29)20-8-3-6-18(14-20)16-26-11-1-2-12-26/h3,6,8,14,19,21,24H,1-2,4-5,7,9-13,15-17H2,(H,25,28). The number of nitrogens with one attached hydrogen (secondary N) is 2. The van der Waals surface area contributed by atoms with Crippen molar-refractivity contribution in [2.24, 2.45) is 5.92 Å². The van der Waals surface area contributed by atoms with Crippen LogP contribution in [0.1, 0.15) is 54.4 Å². The number of likely N-dealkylation sites (tertiary alicyclic amines) is 2. The van der Waals surface area contributed by atoms with E-state index in [1.807, 2.05) is 17.0 Å². The summed E-state index contributed by atoms with van der Waals surface area (Å²) in [4.78, 5) is 29.8. The molecule has 3 saturated heterocycles. The lowest BCUT2D eigenvalue weighted by atomic mass is 9.97. The molecule has 0 aromatic heterocycles. The fourth-order valence-corrected chi connectivity index (χ4v) is 4.88. The van der Waals surface area contributed by atoms with E-state index in [1.54, 1.807) is 0 Å². The highest BCUT2D eigenvalue weighted by molar-refractivity contribution is 5.94. The van der Waals surface area contributed by atoms with Gasteiger partial charge in [-0.25, -0.2) is 0 Å². The molecular weight excluding hydrogens is 364 g/mol. The number of carbonyl (C=O) groups is 2. The van der Waals surface area contributed by atoms with Crippen LogP contribution in [-0.2, 0) is 11.3 Å². The van der Waals surface area contributed by atoms with Gasteiger partial charge in [-0.2, -0.15) is 0 Å². The summed E-state index contributed by atoms with van der Waals surface area (Å²) in [6.07, 6.45) is 6.62. The van der Waals surface area contributed by atoms with Crippen LogP contribution in [0.15, 0.2) is 24.3 Å². The maximum Gasteiger partial charge on any atom is 0.253 e. The summed E-state index contributed by atoms with van der Waals surface area (Å²) >= 11 is 0. The van der Waals surface area contributed by atoms with E-state index >= 15 is 0 Å². The van der Waals surface area contributed by atoms with Crippen LogP contribution >= 0.6 is 0 Å². The summed E-state index contributed by atoms with van der Waals surface area (Å²) in [7, 11) is 0. The van der Waals surface area contributed by atoms with Gasteiger partial charge in [0.05, 0.1) is 6.04 Å². The van der Waals surface area contributed by atoms with Gasteiger partial charge in [0.15, 0.2) is 0 Å². The summed E-state index contributed by atoms with van der Waals surface area (Å²) < 4.78 is 0. The van der Waals surface area contributed by atoms with Crippen molar-refractivity contribution in [3.63, 3.8) is 0 Å². The smallest absolute Gasteiger partial charge is 0.253 e. The maximum atomic E-state index is 13.1. The second-order valence-corrected chi connectivity index (χ2v) is 8.84. The molecule has 0 saturated carbocycles. The molecule has 4 rings (SSSR count). The van der Waals surface area contributed by atoms with E-state index < -0.39 is 0 Å². The average molecular weight is 399 g/mol. The van der Waals surface area contributed by atoms with Crippen LogP contribution in [0.25, 0.3) is 0 Å². The molecule has 3 fully saturated rings. The lowest BCUT2D eigenvalue weighted by molar-refractivity contribution is -0.123. The Morgan fingerprint density at radius 1 is 1.07 bits per heavy atom. The monoisotopic (exact) mass is 398 g/mol. The van der Waals surface area contributed by atoms with Crippen molar-refractivity contribution < 1.29 is 9.59 Å². The van der Waals surface area contributed by atoms with Gasteiger partial charge in [-0.05, 0) is 81.8 Å². The van der Waals surface area contributed by atoms with Gasteiger partial charge in [0.25, 0.3) is 5.91 Å². The molecule has 6 heteroatoms.